The van der Waals surface area contributed by atoms with Gasteiger partial charge in [0.25, 0.3) is 0 Å². The van der Waals surface area contributed by atoms with Gasteiger partial charge in [0.2, 0.25) is 11.7 Å². The van der Waals surface area contributed by atoms with Crippen molar-refractivity contribution in [3.63, 3.8) is 0 Å². The number of nitrogens with one attached hydrogen (secondary N) is 1. The Morgan fingerprint density at radius 3 is 2.52 bits per heavy atom. The predicted octanol–water partition coefficient (Wildman–Crippen LogP) is 2.02. The lowest BCUT2D eigenvalue weighted by Gasteiger charge is -2.44. The first-order chi connectivity index (χ1) is 29.6. The quantitative estimate of drug-likeness (QED) is 0.0597. The molecule has 5 N–H and O–H groups in total. The largest absolute Gasteiger partial charge is 0.507 e. The van der Waals surface area contributed by atoms with Crippen LogP contribution >= 0.6 is 21.6 Å². The second-order valence-electron chi connectivity index (χ2n) is 15.9. The van der Waals surface area contributed by atoms with Gasteiger partial charge in [0.15, 0.2) is 36.2 Å². The van der Waals surface area contributed by atoms with E-state index in [1.165, 1.54) is 67.9 Å². The molecule has 7 rings (SSSR count). The summed E-state index contributed by atoms with van der Waals surface area (Å²) in [5.41, 5.74) is -3.51. The predicted molar refractivity (Wildman–Crippen MR) is 224 cm³/mol. The van der Waals surface area contributed by atoms with Crippen LogP contribution in [0.15, 0.2) is 23.2 Å². The fraction of sp³-hybridized carbons (Fsp3) is 0.571. The van der Waals surface area contributed by atoms with Crippen molar-refractivity contribution >= 4 is 56.3 Å². The fourth-order valence-electron chi connectivity index (χ4n) is 8.99. The number of phenolic OH excluding ortho intramolecular Hbond substituents is 2. The molecule has 3 unspecified atom stereocenters. The van der Waals surface area contributed by atoms with Crippen molar-refractivity contribution < 1.29 is 72.8 Å². The molecular weight excluding hydrogens is 851 g/mol. The molecule has 0 bridgehead atoms. The number of rotatable bonds is 16. The molecule has 0 saturated carbocycles. The number of Topliss-reactive ketones (excluding diaryl/α,β-unsaturated/α-hetero) is 2. The number of hydrogen-bond acceptors (Lipinski definition) is 19. The Hall–Kier alpha value is -3.96. The number of benzene rings is 2. The lowest BCUT2D eigenvalue weighted by Crippen LogP contribution is -2.55. The monoisotopic (exact) mass is 901 g/mol. The third kappa shape index (κ3) is 8.78. The molecule has 336 valence electrons. The van der Waals surface area contributed by atoms with Crippen molar-refractivity contribution in [1.82, 2.24) is 10.2 Å². The highest BCUT2D eigenvalue weighted by molar-refractivity contribution is 8.76. The van der Waals surface area contributed by atoms with Crippen molar-refractivity contribution in [1.29, 1.82) is 0 Å². The number of ketones is 4. The number of aliphatic imine (C=N–C) groups is 1. The summed E-state index contributed by atoms with van der Waals surface area (Å²) in [6.45, 7) is 4.27. The van der Waals surface area contributed by atoms with Crippen LogP contribution in [0.4, 0.5) is 0 Å². The minimum absolute atomic E-state index is 0.0514. The van der Waals surface area contributed by atoms with Gasteiger partial charge in [0, 0.05) is 80.5 Å². The Balaban J connectivity index is 1.18. The zero-order chi connectivity index (χ0) is 44.6. The smallest absolute Gasteiger partial charge is 0.217 e. The van der Waals surface area contributed by atoms with E-state index < -0.39 is 96.4 Å². The Bertz CT molecular complexity index is 2150. The number of carbonyl (C=O) groups excluding carboxylic acids is 5. The maximum atomic E-state index is 14.2. The van der Waals surface area contributed by atoms with Crippen LogP contribution in [0.5, 0.6) is 17.2 Å². The first-order valence-electron chi connectivity index (χ1n) is 20.3. The second-order valence-corrected chi connectivity index (χ2v) is 18.5. The average Bonchev–Trinajstić information content (AvgIpc) is 3.62. The standard InChI is InChI=1S/C42H51N3O15S2/c1-19(47)25(44-21(3)48)18-62-61-12-9-22(49)16-43-29(17-46)42(54)14-24-32(38(53)34-33(36(24)51)35(50)23-7-6-8-27(55-4)31(23)37(34)52)28(15-42)59-30-13-26-39(20(2)58-30)60-40-41(56-5)57-11-10-45(26)40/h6-8,20,25-26,28,30,39-41,46,51,53-54H,9-18H2,1-5H3,(H,44,48)/t20-,25?,26-,28-,30?,39?,40+,41-,42-/m0/s1. The molecule has 3 heterocycles. The van der Waals surface area contributed by atoms with Gasteiger partial charge in [-0.05, 0) is 19.9 Å². The number of hydrogen-bond donors (Lipinski definition) is 5. The first-order valence-corrected chi connectivity index (χ1v) is 22.7. The summed E-state index contributed by atoms with van der Waals surface area (Å²) in [4.78, 5) is 71.1. The van der Waals surface area contributed by atoms with Crippen LogP contribution in [-0.4, -0.2) is 161 Å². The Morgan fingerprint density at radius 2 is 1.82 bits per heavy atom. The van der Waals surface area contributed by atoms with Crippen LogP contribution in [0.25, 0.3) is 0 Å². The van der Waals surface area contributed by atoms with E-state index in [0.717, 1.165) is 0 Å². The molecule has 0 spiro atoms. The topological polar surface area (TPSA) is 249 Å². The summed E-state index contributed by atoms with van der Waals surface area (Å²) in [6.07, 6.45) is -4.83. The second kappa shape index (κ2) is 19.0. The highest BCUT2D eigenvalue weighted by Gasteiger charge is 2.55. The van der Waals surface area contributed by atoms with Crippen molar-refractivity contribution in [2.24, 2.45) is 4.99 Å². The number of ether oxygens (including phenoxy) is 6. The van der Waals surface area contributed by atoms with Crippen molar-refractivity contribution in [3.8, 4) is 17.2 Å². The van der Waals surface area contributed by atoms with Crippen molar-refractivity contribution in [2.45, 2.75) is 101 Å². The number of amides is 1. The molecule has 18 nitrogen and oxygen atoms in total. The number of phenols is 2. The molecule has 0 radical (unpaired) electrons. The number of methoxy groups -OCH3 is 2. The highest BCUT2D eigenvalue weighted by Crippen LogP contribution is 2.53. The molecule has 62 heavy (non-hydrogen) atoms. The Labute approximate surface area is 365 Å². The molecule has 3 fully saturated rings. The average molecular weight is 902 g/mol. The molecule has 3 saturated heterocycles. The highest BCUT2D eigenvalue weighted by atomic mass is 33.1. The number of aliphatic hydroxyl groups excluding tert-OH is 1. The van der Waals surface area contributed by atoms with E-state index >= 15 is 0 Å². The van der Waals surface area contributed by atoms with E-state index in [1.54, 1.807) is 0 Å². The maximum Gasteiger partial charge on any atom is 0.217 e. The van der Waals surface area contributed by atoms with Gasteiger partial charge in [-0.15, -0.1) is 0 Å². The fourth-order valence-corrected chi connectivity index (χ4v) is 11.3. The van der Waals surface area contributed by atoms with E-state index in [4.69, 9.17) is 28.4 Å². The number of aliphatic hydroxyl groups is 2. The summed E-state index contributed by atoms with van der Waals surface area (Å²) in [7, 11) is 5.54. The molecule has 0 aromatic heterocycles. The summed E-state index contributed by atoms with van der Waals surface area (Å²) in [5.74, 6) is -2.88. The van der Waals surface area contributed by atoms with Crippen LogP contribution in [0.3, 0.4) is 0 Å². The van der Waals surface area contributed by atoms with Crippen LogP contribution in [0.1, 0.15) is 89.1 Å². The third-order valence-corrected chi connectivity index (χ3v) is 14.4. The van der Waals surface area contributed by atoms with Crippen molar-refractivity contribution in [3.05, 3.63) is 51.6 Å². The molecule has 3 aliphatic heterocycles. The third-order valence-electron chi connectivity index (χ3n) is 12.0. The summed E-state index contributed by atoms with van der Waals surface area (Å²) < 4.78 is 36.0. The number of nitrogens with zero attached hydrogens (tertiary/aromatic N) is 2. The molecule has 9 atom stereocenters. The minimum Gasteiger partial charge on any atom is -0.507 e. The van der Waals surface area contributed by atoms with Gasteiger partial charge in [0.1, 0.15) is 29.0 Å². The lowest BCUT2D eigenvalue weighted by atomic mass is 9.71. The van der Waals surface area contributed by atoms with Crippen LogP contribution < -0.4 is 10.1 Å². The molecule has 2 aromatic carbocycles. The van der Waals surface area contributed by atoms with Gasteiger partial charge >= 0.3 is 0 Å². The van der Waals surface area contributed by atoms with E-state index in [1.807, 2.05) is 6.92 Å². The Morgan fingerprint density at radius 1 is 1.06 bits per heavy atom. The molecule has 2 aromatic rings. The van der Waals surface area contributed by atoms with Gasteiger partial charge in [-0.2, -0.15) is 0 Å². The van der Waals surface area contributed by atoms with E-state index in [9.17, 15) is 44.4 Å². The molecular formula is C42H51N3O15S2. The summed E-state index contributed by atoms with van der Waals surface area (Å²) in [6, 6.07) is 3.57. The maximum absolute atomic E-state index is 14.2. The van der Waals surface area contributed by atoms with Crippen LogP contribution in [-0.2, 0) is 44.5 Å². The summed E-state index contributed by atoms with van der Waals surface area (Å²) >= 11 is 0. The van der Waals surface area contributed by atoms with E-state index in [-0.39, 0.29) is 82.6 Å². The molecule has 1 amide bonds. The van der Waals surface area contributed by atoms with Crippen molar-refractivity contribution in [2.75, 3.05) is 52.0 Å². The van der Waals surface area contributed by atoms with Gasteiger partial charge in [-0.1, -0.05) is 33.7 Å². The van der Waals surface area contributed by atoms with Gasteiger partial charge in [0.05, 0.1) is 67.5 Å². The minimum atomic E-state index is -2.09. The van der Waals surface area contributed by atoms with E-state index in [2.05, 4.69) is 15.2 Å². The van der Waals surface area contributed by atoms with Gasteiger partial charge in [-0.3, -0.25) is 33.9 Å². The number of fused-ring (bicyclic) bond motifs is 6. The zero-order valence-electron chi connectivity index (χ0n) is 34.9. The number of morpholine rings is 1. The first kappa shape index (κ1) is 46.0. The SMILES string of the molecule is COc1cccc2c1C(=O)c1c(O)c3c(c(O)c1C2=O)C[C@@](O)(C(CO)=NCC(=O)CCSSCC(NC(C)=O)C(C)=O)C[C@@H]3OC1C[C@H]2C(O[C@@H]3[C@@H](OC)OCCN32)[C@H](C)O1. The summed E-state index contributed by atoms with van der Waals surface area (Å²) in [5, 5.41) is 49.8. The van der Waals surface area contributed by atoms with E-state index in [0.29, 0.717) is 24.7 Å². The molecule has 2 aliphatic carbocycles. The van der Waals surface area contributed by atoms with Crippen LogP contribution in [0, 0.1) is 0 Å². The van der Waals surface area contributed by atoms with Gasteiger partial charge in [-0.25, -0.2) is 0 Å². The van der Waals surface area contributed by atoms with Gasteiger partial charge < -0.3 is 54.2 Å². The normalized spacial score (nSPS) is 28.6. The zero-order valence-corrected chi connectivity index (χ0v) is 36.5. The number of carbonyl (C=O) groups is 5. The molecule has 20 heteroatoms. The number of aromatic hydroxyl groups is 2. The van der Waals surface area contributed by atoms with Crippen LogP contribution in [0.2, 0.25) is 0 Å². The molecule has 5 aliphatic rings. The lowest BCUT2D eigenvalue weighted by molar-refractivity contribution is -0.255. The Kier molecular flexibility index (Phi) is 14.1.